The number of anilines is 1. The molecule has 0 fully saturated rings. The van der Waals surface area contributed by atoms with Gasteiger partial charge in [0.1, 0.15) is 6.54 Å². The predicted molar refractivity (Wildman–Crippen MR) is 75.8 cm³/mol. The first-order valence-corrected chi connectivity index (χ1v) is 6.72. The Bertz CT molecular complexity index is 839. The molecule has 0 radical (unpaired) electrons. The number of carbonyl (C=O) groups is 1. The first kappa shape index (κ1) is 18.6. The van der Waals surface area contributed by atoms with E-state index in [1.165, 1.54) is 6.07 Å². The molecule has 1 heterocycles. The van der Waals surface area contributed by atoms with Crippen molar-refractivity contribution in [2.24, 2.45) is 0 Å². The molecule has 0 saturated heterocycles. The van der Waals surface area contributed by atoms with E-state index in [1.807, 2.05) is 5.32 Å². The van der Waals surface area contributed by atoms with E-state index in [2.05, 4.69) is 0 Å². The summed E-state index contributed by atoms with van der Waals surface area (Å²) >= 11 is 0. The second-order valence-electron chi connectivity index (χ2n) is 4.97. The molecule has 1 aromatic carbocycles. The summed E-state index contributed by atoms with van der Waals surface area (Å²) < 4.78 is 76.9. The molecule has 0 unspecified atom stereocenters. The van der Waals surface area contributed by atoms with Crippen molar-refractivity contribution in [2.75, 3.05) is 5.32 Å². The number of para-hydroxylation sites is 1. The maximum Gasteiger partial charge on any atom is 0.418 e. The van der Waals surface area contributed by atoms with Gasteiger partial charge in [0, 0.05) is 12.3 Å². The van der Waals surface area contributed by atoms with Crippen LogP contribution in [-0.2, 0) is 23.7 Å². The number of carbonyl (C=O) groups excluding carboxylic acids is 1. The van der Waals surface area contributed by atoms with Crippen LogP contribution in [0.3, 0.4) is 0 Å². The van der Waals surface area contributed by atoms with Gasteiger partial charge in [-0.3, -0.25) is 9.59 Å². The number of aromatic nitrogens is 1. The summed E-state index contributed by atoms with van der Waals surface area (Å²) in [5.74, 6) is -1.07. The van der Waals surface area contributed by atoms with E-state index in [4.69, 9.17) is 0 Å². The van der Waals surface area contributed by atoms with Crippen molar-refractivity contribution in [3.05, 3.63) is 64.1 Å². The summed E-state index contributed by atoms with van der Waals surface area (Å²) in [5.41, 5.74) is -3.72. The lowest BCUT2D eigenvalue weighted by Gasteiger charge is -2.14. The molecule has 0 bridgehead atoms. The first-order chi connectivity index (χ1) is 11.5. The molecule has 0 saturated carbocycles. The Hall–Kier alpha value is -2.78. The number of nitrogens with zero attached hydrogens (tertiary/aromatic N) is 1. The third-order valence-corrected chi connectivity index (χ3v) is 3.13. The van der Waals surface area contributed by atoms with Gasteiger partial charge in [-0.2, -0.15) is 26.3 Å². The molecule has 0 atom stereocenters. The van der Waals surface area contributed by atoms with E-state index in [-0.39, 0.29) is 0 Å². The van der Waals surface area contributed by atoms with Gasteiger partial charge in [-0.1, -0.05) is 12.1 Å². The molecule has 1 amide bonds. The number of halogens is 6. The third kappa shape index (κ3) is 4.61. The van der Waals surface area contributed by atoms with E-state index in [1.54, 1.807) is 0 Å². The highest BCUT2D eigenvalue weighted by Crippen LogP contribution is 2.34. The second-order valence-corrected chi connectivity index (χ2v) is 4.97. The van der Waals surface area contributed by atoms with E-state index in [9.17, 15) is 35.9 Å². The topological polar surface area (TPSA) is 51.1 Å². The number of nitrogens with one attached hydrogen (secondary N) is 1. The van der Waals surface area contributed by atoms with Gasteiger partial charge < -0.3 is 9.88 Å². The highest BCUT2D eigenvalue weighted by atomic mass is 19.4. The minimum absolute atomic E-state index is 0.428. The zero-order chi connectivity index (χ0) is 18.8. The lowest BCUT2D eigenvalue weighted by molar-refractivity contribution is -0.138. The number of hydrogen-bond acceptors (Lipinski definition) is 2. The normalized spacial score (nSPS) is 12.1. The second kappa shape index (κ2) is 6.61. The Morgan fingerprint density at radius 1 is 0.960 bits per heavy atom. The van der Waals surface area contributed by atoms with Crippen LogP contribution < -0.4 is 10.9 Å². The number of amides is 1. The Kier molecular flexibility index (Phi) is 4.91. The maximum atomic E-state index is 12.8. The van der Waals surface area contributed by atoms with Crippen LogP contribution in [0.25, 0.3) is 0 Å². The van der Waals surface area contributed by atoms with E-state index < -0.39 is 47.2 Å². The molecular weight excluding hydrogens is 354 g/mol. The fraction of sp³-hybridized carbons (Fsp3) is 0.200. The van der Waals surface area contributed by atoms with Gasteiger partial charge in [0.2, 0.25) is 5.91 Å². The highest BCUT2D eigenvalue weighted by molar-refractivity contribution is 5.91. The molecule has 2 aromatic rings. The molecule has 2 rings (SSSR count). The molecule has 4 nitrogen and oxygen atoms in total. The molecule has 10 heteroatoms. The number of hydrogen-bond donors (Lipinski definition) is 1. The van der Waals surface area contributed by atoms with Crippen molar-refractivity contribution in [3.8, 4) is 0 Å². The van der Waals surface area contributed by atoms with Crippen molar-refractivity contribution in [2.45, 2.75) is 18.9 Å². The fourth-order valence-corrected chi connectivity index (χ4v) is 2.01. The average molecular weight is 364 g/mol. The van der Waals surface area contributed by atoms with Crippen molar-refractivity contribution >= 4 is 11.6 Å². The summed E-state index contributed by atoms with van der Waals surface area (Å²) in [7, 11) is 0. The van der Waals surface area contributed by atoms with Gasteiger partial charge in [-0.15, -0.1) is 0 Å². The van der Waals surface area contributed by atoms with E-state index >= 15 is 0 Å². The number of alkyl halides is 6. The summed E-state index contributed by atoms with van der Waals surface area (Å²) in [6.45, 7) is -0.866. The molecular formula is C15H10F6N2O2. The Labute approximate surface area is 136 Å². The summed E-state index contributed by atoms with van der Waals surface area (Å²) in [6, 6.07) is 5.29. The van der Waals surface area contributed by atoms with Gasteiger partial charge in [0.25, 0.3) is 5.56 Å². The predicted octanol–water partition coefficient (Wildman–Crippen LogP) is 3.52. The summed E-state index contributed by atoms with van der Waals surface area (Å²) in [5, 5.41) is 1.95. The van der Waals surface area contributed by atoms with Crippen LogP contribution >= 0.6 is 0 Å². The smallest absolute Gasteiger partial charge is 0.324 e. The Morgan fingerprint density at radius 3 is 2.20 bits per heavy atom. The number of rotatable bonds is 3. The molecule has 0 aliphatic heterocycles. The van der Waals surface area contributed by atoms with E-state index in [0.717, 1.165) is 18.2 Å². The van der Waals surface area contributed by atoms with Gasteiger partial charge in [0.05, 0.1) is 16.8 Å². The van der Waals surface area contributed by atoms with E-state index in [0.29, 0.717) is 22.9 Å². The quantitative estimate of drug-likeness (QED) is 0.848. The van der Waals surface area contributed by atoms with Gasteiger partial charge in [-0.05, 0) is 18.2 Å². The fourth-order valence-electron chi connectivity index (χ4n) is 2.01. The van der Waals surface area contributed by atoms with Crippen LogP contribution in [0.1, 0.15) is 11.1 Å². The largest absolute Gasteiger partial charge is 0.418 e. The Morgan fingerprint density at radius 2 is 1.60 bits per heavy atom. The molecule has 0 aliphatic rings. The minimum Gasteiger partial charge on any atom is -0.324 e. The molecule has 1 N–H and O–H groups in total. The van der Waals surface area contributed by atoms with Crippen molar-refractivity contribution < 1.29 is 31.1 Å². The summed E-state index contributed by atoms with van der Waals surface area (Å²) in [4.78, 5) is 23.4. The molecule has 25 heavy (non-hydrogen) atoms. The average Bonchev–Trinajstić information content (AvgIpc) is 2.47. The van der Waals surface area contributed by atoms with Crippen LogP contribution in [-0.4, -0.2) is 10.5 Å². The molecule has 0 aliphatic carbocycles. The highest BCUT2D eigenvalue weighted by Gasteiger charge is 2.34. The van der Waals surface area contributed by atoms with Gasteiger partial charge in [-0.25, -0.2) is 0 Å². The zero-order valence-corrected chi connectivity index (χ0v) is 12.3. The van der Waals surface area contributed by atoms with Gasteiger partial charge >= 0.3 is 12.4 Å². The third-order valence-electron chi connectivity index (χ3n) is 3.13. The van der Waals surface area contributed by atoms with Gasteiger partial charge in [0.15, 0.2) is 0 Å². The van der Waals surface area contributed by atoms with Crippen molar-refractivity contribution in [1.29, 1.82) is 0 Å². The number of benzene rings is 1. The zero-order valence-electron chi connectivity index (χ0n) is 12.3. The first-order valence-electron chi connectivity index (χ1n) is 6.72. The van der Waals surface area contributed by atoms with Crippen molar-refractivity contribution in [3.63, 3.8) is 0 Å². The number of pyridine rings is 1. The SMILES string of the molecule is O=C(Cn1cc(C(F)(F)F)ccc1=O)Nc1ccccc1C(F)(F)F. The van der Waals surface area contributed by atoms with Crippen molar-refractivity contribution in [1.82, 2.24) is 4.57 Å². The summed E-state index contributed by atoms with van der Waals surface area (Å²) in [6.07, 6.45) is -9.02. The molecule has 134 valence electrons. The van der Waals surface area contributed by atoms with Crippen LogP contribution in [0.5, 0.6) is 0 Å². The molecule has 1 aromatic heterocycles. The van der Waals surface area contributed by atoms with Crippen LogP contribution in [0.15, 0.2) is 47.4 Å². The van der Waals surface area contributed by atoms with Crippen LogP contribution in [0, 0.1) is 0 Å². The standard InChI is InChI=1S/C15H10F6N2O2/c16-14(17,18)9-5-6-13(25)23(7-9)8-12(24)22-11-4-2-1-3-10(11)15(19,20)21/h1-7H,8H2,(H,22,24). The van der Waals surface area contributed by atoms with Crippen LogP contribution in [0.2, 0.25) is 0 Å². The monoisotopic (exact) mass is 364 g/mol. The molecule has 0 spiro atoms. The lowest BCUT2D eigenvalue weighted by atomic mass is 10.1. The minimum atomic E-state index is -4.73. The lowest BCUT2D eigenvalue weighted by Crippen LogP contribution is -2.28. The maximum absolute atomic E-state index is 12.8. The van der Waals surface area contributed by atoms with Crippen LogP contribution in [0.4, 0.5) is 32.0 Å². The Balaban J connectivity index is 2.24.